The zero-order valence-corrected chi connectivity index (χ0v) is 17.0. The predicted octanol–water partition coefficient (Wildman–Crippen LogP) is 3.67. The number of anilines is 1. The third-order valence-electron chi connectivity index (χ3n) is 4.03. The number of nitro groups is 1. The summed E-state index contributed by atoms with van der Waals surface area (Å²) in [5, 5.41) is 15.2. The number of ether oxygens (including phenoxy) is 1. The molecule has 162 valence electrons. The van der Waals surface area contributed by atoms with Crippen molar-refractivity contribution in [2.75, 3.05) is 18.5 Å². The molecule has 2 aromatic rings. The van der Waals surface area contributed by atoms with Gasteiger partial charge in [0.25, 0.3) is 5.69 Å². The fraction of sp³-hybridized carbons (Fsp3) is 0.278. The maximum Gasteiger partial charge on any atom is 0.387 e. The van der Waals surface area contributed by atoms with Crippen molar-refractivity contribution in [2.24, 2.45) is 5.10 Å². The number of sulfonamides is 1. The Morgan fingerprint density at radius 2 is 1.90 bits per heavy atom. The molecule has 0 atom stereocenters. The number of hydrogen-bond donors (Lipinski definition) is 1. The van der Waals surface area contributed by atoms with Crippen molar-refractivity contribution in [1.29, 1.82) is 0 Å². The molecule has 0 amide bonds. The van der Waals surface area contributed by atoms with Crippen LogP contribution in [0.2, 0.25) is 0 Å². The molecule has 0 heterocycles. The first-order valence-electron chi connectivity index (χ1n) is 8.82. The highest BCUT2D eigenvalue weighted by Gasteiger charge is 2.25. The van der Waals surface area contributed by atoms with E-state index in [0.717, 1.165) is 12.3 Å². The first-order chi connectivity index (χ1) is 14.2. The average Bonchev–Trinajstić information content (AvgIpc) is 2.69. The van der Waals surface area contributed by atoms with Crippen molar-refractivity contribution in [3.63, 3.8) is 0 Å². The fourth-order valence-corrected chi connectivity index (χ4v) is 4.07. The highest BCUT2D eigenvalue weighted by molar-refractivity contribution is 7.89. The second-order valence-electron chi connectivity index (χ2n) is 5.81. The van der Waals surface area contributed by atoms with Crippen LogP contribution in [0.1, 0.15) is 19.4 Å². The molecule has 0 aliphatic heterocycles. The third kappa shape index (κ3) is 5.48. The lowest BCUT2D eigenvalue weighted by molar-refractivity contribution is -0.384. The van der Waals surface area contributed by atoms with Crippen molar-refractivity contribution < 1.29 is 26.9 Å². The highest BCUT2D eigenvalue weighted by atomic mass is 32.2. The second-order valence-corrected chi connectivity index (χ2v) is 7.75. The van der Waals surface area contributed by atoms with E-state index in [0.29, 0.717) is 0 Å². The van der Waals surface area contributed by atoms with Crippen LogP contribution in [0.15, 0.2) is 52.5 Å². The number of alkyl halides is 2. The Labute approximate surface area is 172 Å². The molecule has 2 aromatic carbocycles. The van der Waals surface area contributed by atoms with Crippen molar-refractivity contribution in [1.82, 2.24) is 4.31 Å². The number of halogens is 2. The van der Waals surface area contributed by atoms with Gasteiger partial charge in [-0.2, -0.15) is 18.2 Å². The van der Waals surface area contributed by atoms with E-state index in [4.69, 9.17) is 0 Å². The van der Waals surface area contributed by atoms with Gasteiger partial charge in [-0.3, -0.25) is 15.5 Å². The Morgan fingerprint density at radius 3 is 2.50 bits per heavy atom. The lowest BCUT2D eigenvalue weighted by atomic mass is 10.2. The summed E-state index contributed by atoms with van der Waals surface area (Å²) < 4.78 is 55.6. The lowest BCUT2D eigenvalue weighted by Gasteiger charge is -2.18. The van der Waals surface area contributed by atoms with E-state index in [1.54, 1.807) is 19.9 Å². The average molecular weight is 442 g/mol. The molecule has 0 aromatic heterocycles. The zero-order chi connectivity index (χ0) is 22.3. The fourth-order valence-electron chi connectivity index (χ4n) is 2.59. The summed E-state index contributed by atoms with van der Waals surface area (Å²) >= 11 is 0. The Morgan fingerprint density at radius 1 is 1.23 bits per heavy atom. The molecule has 0 bridgehead atoms. The molecule has 9 nitrogen and oxygen atoms in total. The molecule has 0 aliphatic carbocycles. The van der Waals surface area contributed by atoms with Gasteiger partial charge in [0.15, 0.2) is 0 Å². The van der Waals surface area contributed by atoms with Crippen LogP contribution in [0.4, 0.5) is 20.2 Å². The summed E-state index contributed by atoms with van der Waals surface area (Å²) in [7, 11) is -3.88. The molecule has 0 radical (unpaired) electrons. The summed E-state index contributed by atoms with van der Waals surface area (Å²) in [5.41, 5.74) is 2.08. The van der Waals surface area contributed by atoms with Crippen LogP contribution in [-0.2, 0) is 10.0 Å². The highest BCUT2D eigenvalue weighted by Crippen LogP contribution is 2.29. The van der Waals surface area contributed by atoms with Gasteiger partial charge in [-0.05, 0) is 24.3 Å². The molecule has 12 heteroatoms. The van der Waals surface area contributed by atoms with Gasteiger partial charge in [0, 0.05) is 24.7 Å². The number of nitrogens with zero attached hydrogens (tertiary/aromatic N) is 3. The summed E-state index contributed by atoms with van der Waals surface area (Å²) in [4.78, 5) is 10.5. The smallest absolute Gasteiger partial charge is 0.387 e. The molecule has 2 rings (SSSR count). The Hall–Kier alpha value is -3.12. The van der Waals surface area contributed by atoms with E-state index >= 15 is 0 Å². The van der Waals surface area contributed by atoms with E-state index in [2.05, 4.69) is 15.3 Å². The number of nitrogens with one attached hydrogen (secondary N) is 1. The normalized spacial score (nSPS) is 11.9. The van der Waals surface area contributed by atoms with E-state index in [9.17, 15) is 27.3 Å². The number of rotatable bonds is 10. The molecular weight excluding hydrogens is 422 g/mol. The van der Waals surface area contributed by atoms with Crippen molar-refractivity contribution in [2.45, 2.75) is 25.4 Å². The topological polar surface area (TPSA) is 114 Å². The maximum atomic E-state index is 12.6. The van der Waals surface area contributed by atoms with Crippen LogP contribution in [0.25, 0.3) is 0 Å². The Bertz CT molecular complexity index is 1030. The first kappa shape index (κ1) is 23.2. The van der Waals surface area contributed by atoms with Crippen LogP contribution < -0.4 is 10.2 Å². The van der Waals surface area contributed by atoms with Gasteiger partial charge < -0.3 is 4.74 Å². The standard InChI is InChI=1S/C18H20F2N4O5S/c1-3-23(4-2)30(27,28)14-9-10-15(16(11-14)24(25)26)22-21-12-13-7-5-6-8-17(13)29-18(19)20/h5-12,18,22H,3-4H2,1-2H3/b21-12-. The van der Waals surface area contributed by atoms with Crippen molar-refractivity contribution in [3.8, 4) is 5.75 Å². The molecule has 0 saturated heterocycles. The Kier molecular flexibility index (Phi) is 7.78. The van der Waals surface area contributed by atoms with Gasteiger partial charge >= 0.3 is 6.61 Å². The lowest BCUT2D eigenvalue weighted by Crippen LogP contribution is -2.30. The van der Waals surface area contributed by atoms with Gasteiger partial charge in [-0.1, -0.05) is 26.0 Å². The van der Waals surface area contributed by atoms with Gasteiger partial charge in [0.05, 0.1) is 16.0 Å². The van der Waals surface area contributed by atoms with E-state index in [1.807, 2.05) is 0 Å². The van der Waals surface area contributed by atoms with Crippen molar-refractivity contribution in [3.05, 3.63) is 58.1 Å². The monoisotopic (exact) mass is 442 g/mol. The molecular formula is C18H20F2N4O5S. The van der Waals surface area contributed by atoms with E-state index in [1.165, 1.54) is 34.6 Å². The molecule has 0 unspecified atom stereocenters. The number of para-hydroxylation sites is 1. The van der Waals surface area contributed by atoms with Crippen LogP contribution >= 0.6 is 0 Å². The van der Waals surface area contributed by atoms with Crippen molar-refractivity contribution >= 4 is 27.6 Å². The predicted molar refractivity (Wildman–Crippen MR) is 107 cm³/mol. The first-order valence-corrected chi connectivity index (χ1v) is 10.3. The summed E-state index contributed by atoms with van der Waals surface area (Å²) in [5.74, 6) is -0.117. The molecule has 0 aliphatic rings. The SMILES string of the molecule is CCN(CC)S(=O)(=O)c1ccc(N/N=C\c2ccccc2OC(F)F)c([N+](=O)[O-])c1. The zero-order valence-electron chi connectivity index (χ0n) is 16.2. The van der Waals surface area contributed by atoms with E-state index < -0.39 is 27.2 Å². The molecule has 0 saturated carbocycles. The number of hydrazone groups is 1. The van der Waals surface area contributed by atoms with E-state index in [-0.39, 0.29) is 35.0 Å². The van der Waals surface area contributed by atoms with Gasteiger partial charge in [0.2, 0.25) is 10.0 Å². The van der Waals surface area contributed by atoms with Crippen LogP contribution in [0.5, 0.6) is 5.75 Å². The third-order valence-corrected chi connectivity index (χ3v) is 6.08. The second kappa shape index (κ2) is 10.1. The minimum Gasteiger partial charge on any atom is -0.434 e. The van der Waals surface area contributed by atoms with Gasteiger partial charge in [-0.15, -0.1) is 0 Å². The minimum absolute atomic E-state index is 0.0676. The minimum atomic E-state index is -3.88. The van der Waals surface area contributed by atoms with Gasteiger partial charge in [0.1, 0.15) is 11.4 Å². The maximum absolute atomic E-state index is 12.6. The Balaban J connectivity index is 2.32. The summed E-state index contributed by atoms with van der Waals surface area (Å²) in [6.45, 7) is 0.744. The molecule has 0 spiro atoms. The largest absolute Gasteiger partial charge is 0.434 e. The quantitative estimate of drug-likeness (QED) is 0.341. The van der Waals surface area contributed by atoms with Crippen LogP contribution in [-0.4, -0.2) is 43.6 Å². The molecule has 0 fully saturated rings. The van der Waals surface area contributed by atoms with Crippen LogP contribution in [0.3, 0.4) is 0 Å². The number of benzene rings is 2. The summed E-state index contributed by atoms with van der Waals surface area (Å²) in [6, 6.07) is 9.26. The number of nitro benzene ring substituents is 1. The number of hydrogen-bond acceptors (Lipinski definition) is 7. The summed E-state index contributed by atoms with van der Waals surface area (Å²) in [6.07, 6.45) is 1.15. The molecule has 30 heavy (non-hydrogen) atoms. The van der Waals surface area contributed by atoms with Crippen LogP contribution in [0, 0.1) is 10.1 Å². The molecule has 1 N–H and O–H groups in total. The van der Waals surface area contributed by atoms with Gasteiger partial charge in [-0.25, -0.2) is 8.42 Å².